The number of methoxy groups -OCH3 is 1. The van der Waals surface area contributed by atoms with Crippen LogP contribution in [0.25, 0.3) is 0 Å². The summed E-state index contributed by atoms with van der Waals surface area (Å²) < 4.78 is 18.5. The Morgan fingerprint density at radius 2 is 1.96 bits per heavy atom. The minimum absolute atomic E-state index is 0.00784. The van der Waals surface area contributed by atoms with Crippen molar-refractivity contribution in [1.82, 2.24) is 5.32 Å². The van der Waals surface area contributed by atoms with Gasteiger partial charge < -0.3 is 10.1 Å². The van der Waals surface area contributed by atoms with Crippen LogP contribution in [0.5, 0.6) is 5.75 Å². The molecule has 0 unspecified atom stereocenters. The van der Waals surface area contributed by atoms with E-state index in [0.29, 0.717) is 19.4 Å². The zero-order chi connectivity index (χ0) is 17.2. The molecule has 0 atom stereocenters. The molecule has 0 heterocycles. The SMILES string of the molecule is COc1ccc(CCC(=O)NCCSCc2ccccc2)cc1F. The number of nitrogens with one attached hydrogen (secondary N) is 1. The van der Waals surface area contributed by atoms with Crippen molar-refractivity contribution in [2.24, 2.45) is 0 Å². The van der Waals surface area contributed by atoms with Gasteiger partial charge in [0, 0.05) is 24.5 Å². The molecule has 3 nitrogen and oxygen atoms in total. The molecule has 0 bridgehead atoms. The first-order valence-corrected chi connectivity index (χ1v) is 9.05. The van der Waals surface area contributed by atoms with Crippen LogP contribution in [0.2, 0.25) is 0 Å². The van der Waals surface area contributed by atoms with Gasteiger partial charge in [0.05, 0.1) is 7.11 Å². The number of benzene rings is 2. The highest BCUT2D eigenvalue weighted by Crippen LogP contribution is 2.18. The van der Waals surface area contributed by atoms with Gasteiger partial charge >= 0.3 is 0 Å². The fraction of sp³-hybridized carbons (Fsp3) is 0.316. The van der Waals surface area contributed by atoms with Gasteiger partial charge in [0.2, 0.25) is 5.91 Å². The third-order valence-electron chi connectivity index (χ3n) is 3.54. The molecule has 0 aromatic heterocycles. The molecule has 0 aliphatic rings. The van der Waals surface area contributed by atoms with Crippen molar-refractivity contribution >= 4 is 17.7 Å². The molecule has 128 valence electrons. The number of amides is 1. The average Bonchev–Trinajstić information content (AvgIpc) is 2.60. The van der Waals surface area contributed by atoms with Crippen molar-refractivity contribution in [3.8, 4) is 5.75 Å². The van der Waals surface area contributed by atoms with Gasteiger partial charge in [-0.15, -0.1) is 0 Å². The highest BCUT2D eigenvalue weighted by Gasteiger charge is 2.06. The number of hydrogen-bond donors (Lipinski definition) is 1. The maximum absolute atomic E-state index is 13.6. The van der Waals surface area contributed by atoms with E-state index in [-0.39, 0.29) is 11.7 Å². The summed E-state index contributed by atoms with van der Waals surface area (Å²) in [4.78, 5) is 11.8. The Bertz CT molecular complexity index is 649. The zero-order valence-corrected chi connectivity index (χ0v) is 14.6. The molecular weight excluding hydrogens is 325 g/mol. The highest BCUT2D eigenvalue weighted by atomic mass is 32.2. The fourth-order valence-corrected chi connectivity index (χ4v) is 3.06. The number of carbonyl (C=O) groups is 1. The summed E-state index contributed by atoms with van der Waals surface area (Å²) in [5, 5.41) is 2.90. The Labute approximate surface area is 146 Å². The highest BCUT2D eigenvalue weighted by molar-refractivity contribution is 7.98. The average molecular weight is 347 g/mol. The van der Waals surface area contributed by atoms with Crippen LogP contribution in [-0.4, -0.2) is 25.3 Å². The lowest BCUT2D eigenvalue weighted by Gasteiger charge is -2.07. The van der Waals surface area contributed by atoms with Gasteiger partial charge in [0.1, 0.15) is 0 Å². The van der Waals surface area contributed by atoms with E-state index in [2.05, 4.69) is 17.4 Å². The minimum Gasteiger partial charge on any atom is -0.494 e. The standard InChI is InChI=1S/C19H22FNO2S/c1-23-18-9-7-15(13-17(18)20)8-10-19(22)21-11-12-24-14-16-5-3-2-4-6-16/h2-7,9,13H,8,10-12,14H2,1H3,(H,21,22). The molecule has 0 saturated carbocycles. The van der Waals surface area contributed by atoms with Crippen molar-refractivity contribution < 1.29 is 13.9 Å². The van der Waals surface area contributed by atoms with Crippen LogP contribution in [0.15, 0.2) is 48.5 Å². The summed E-state index contributed by atoms with van der Waals surface area (Å²) in [5.74, 6) is 1.64. The number of thioether (sulfide) groups is 1. The molecule has 0 spiro atoms. The first kappa shape index (κ1) is 18.3. The summed E-state index contributed by atoms with van der Waals surface area (Å²) in [7, 11) is 1.43. The van der Waals surface area contributed by atoms with Gasteiger partial charge in [-0.2, -0.15) is 11.8 Å². The van der Waals surface area contributed by atoms with Crippen LogP contribution in [0.4, 0.5) is 4.39 Å². The van der Waals surface area contributed by atoms with Crippen LogP contribution in [0.3, 0.4) is 0 Å². The summed E-state index contributed by atoms with van der Waals surface area (Å²) in [5.41, 5.74) is 2.08. The number of hydrogen-bond acceptors (Lipinski definition) is 3. The second kappa shape index (κ2) is 9.98. The first-order valence-electron chi connectivity index (χ1n) is 7.90. The molecule has 1 amide bonds. The molecular formula is C19H22FNO2S. The normalized spacial score (nSPS) is 10.4. The van der Waals surface area contributed by atoms with Crippen LogP contribution >= 0.6 is 11.8 Å². The quantitative estimate of drug-likeness (QED) is 0.701. The minimum atomic E-state index is -0.396. The number of rotatable bonds is 9. The molecule has 0 aliphatic heterocycles. The predicted octanol–water partition coefficient (Wildman–Crippen LogP) is 3.82. The van der Waals surface area contributed by atoms with Crippen molar-refractivity contribution in [3.05, 3.63) is 65.5 Å². The van der Waals surface area contributed by atoms with Gasteiger partial charge in [0.25, 0.3) is 0 Å². The van der Waals surface area contributed by atoms with E-state index in [0.717, 1.165) is 17.1 Å². The molecule has 24 heavy (non-hydrogen) atoms. The zero-order valence-electron chi connectivity index (χ0n) is 13.8. The second-order valence-corrected chi connectivity index (χ2v) is 6.46. The number of ether oxygens (including phenoxy) is 1. The second-order valence-electron chi connectivity index (χ2n) is 5.36. The lowest BCUT2D eigenvalue weighted by Crippen LogP contribution is -2.25. The monoisotopic (exact) mass is 347 g/mol. The van der Waals surface area contributed by atoms with Gasteiger partial charge in [-0.1, -0.05) is 36.4 Å². The summed E-state index contributed by atoms with van der Waals surface area (Å²) in [6.07, 6.45) is 0.874. The predicted molar refractivity (Wildman–Crippen MR) is 96.9 cm³/mol. The van der Waals surface area contributed by atoms with E-state index < -0.39 is 5.82 Å². The van der Waals surface area contributed by atoms with E-state index in [1.807, 2.05) is 18.2 Å². The maximum atomic E-state index is 13.6. The van der Waals surface area contributed by atoms with E-state index >= 15 is 0 Å². The van der Waals surface area contributed by atoms with Crippen molar-refractivity contribution in [2.45, 2.75) is 18.6 Å². The largest absolute Gasteiger partial charge is 0.494 e. The maximum Gasteiger partial charge on any atom is 0.220 e. The Kier molecular flexibility index (Phi) is 7.62. The lowest BCUT2D eigenvalue weighted by molar-refractivity contribution is -0.120. The van der Waals surface area contributed by atoms with Crippen LogP contribution in [0.1, 0.15) is 17.5 Å². The number of carbonyl (C=O) groups excluding carboxylic acids is 1. The molecule has 2 rings (SSSR count). The smallest absolute Gasteiger partial charge is 0.220 e. The number of aryl methyl sites for hydroxylation is 1. The Morgan fingerprint density at radius 3 is 2.67 bits per heavy atom. The molecule has 0 saturated heterocycles. The van der Waals surface area contributed by atoms with Crippen molar-refractivity contribution in [1.29, 1.82) is 0 Å². The topological polar surface area (TPSA) is 38.3 Å². The molecule has 5 heteroatoms. The fourth-order valence-electron chi connectivity index (χ4n) is 2.24. The third kappa shape index (κ3) is 6.24. The first-order chi connectivity index (χ1) is 11.7. The molecule has 2 aromatic rings. The van der Waals surface area contributed by atoms with E-state index in [1.54, 1.807) is 23.9 Å². The third-order valence-corrected chi connectivity index (χ3v) is 4.57. The van der Waals surface area contributed by atoms with E-state index in [4.69, 9.17) is 4.74 Å². The van der Waals surface area contributed by atoms with Crippen molar-refractivity contribution in [2.75, 3.05) is 19.4 Å². The number of halogens is 1. The van der Waals surface area contributed by atoms with Gasteiger partial charge in [-0.05, 0) is 29.7 Å². The van der Waals surface area contributed by atoms with Gasteiger partial charge in [-0.3, -0.25) is 4.79 Å². The summed E-state index contributed by atoms with van der Waals surface area (Å²) in [6, 6.07) is 15.0. The summed E-state index contributed by atoms with van der Waals surface area (Å²) in [6.45, 7) is 0.646. The van der Waals surface area contributed by atoms with E-state index in [9.17, 15) is 9.18 Å². The van der Waals surface area contributed by atoms with Gasteiger partial charge in [0.15, 0.2) is 11.6 Å². The van der Waals surface area contributed by atoms with Crippen LogP contribution in [0, 0.1) is 5.82 Å². The van der Waals surface area contributed by atoms with Crippen molar-refractivity contribution in [3.63, 3.8) is 0 Å². The van der Waals surface area contributed by atoms with E-state index in [1.165, 1.54) is 18.7 Å². The molecule has 2 aromatic carbocycles. The summed E-state index contributed by atoms with van der Waals surface area (Å²) >= 11 is 1.79. The molecule has 0 fully saturated rings. The van der Waals surface area contributed by atoms with Gasteiger partial charge in [-0.25, -0.2) is 4.39 Å². The van der Waals surface area contributed by atoms with Crippen LogP contribution in [-0.2, 0) is 17.0 Å². The Balaban J connectivity index is 1.60. The molecule has 0 radical (unpaired) electrons. The molecule has 0 aliphatic carbocycles. The Morgan fingerprint density at radius 1 is 1.17 bits per heavy atom. The lowest BCUT2D eigenvalue weighted by atomic mass is 10.1. The Hall–Kier alpha value is -2.01. The van der Waals surface area contributed by atoms with Crippen LogP contribution < -0.4 is 10.1 Å². The molecule has 1 N–H and O–H groups in total.